The molecule has 104 valence electrons. The van der Waals surface area contributed by atoms with Crippen molar-refractivity contribution < 1.29 is 14.3 Å². The van der Waals surface area contributed by atoms with E-state index in [1.165, 1.54) is 0 Å². The number of Topliss-reactive ketones (excluding diaryl/α,β-unsaturated/α-hetero) is 1. The predicted molar refractivity (Wildman–Crippen MR) is 77.8 cm³/mol. The van der Waals surface area contributed by atoms with Gasteiger partial charge in [0, 0.05) is 19.1 Å². The molecule has 0 saturated heterocycles. The smallest absolute Gasteiger partial charge is 0.165 e. The number of ether oxygens (including phenoxy) is 2. The van der Waals surface area contributed by atoms with Gasteiger partial charge < -0.3 is 9.47 Å². The van der Waals surface area contributed by atoms with Crippen molar-refractivity contribution in [2.24, 2.45) is 0 Å². The summed E-state index contributed by atoms with van der Waals surface area (Å²) in [6.07, 6.45) is 3.57. The van der Waals surface area contributed by atoms with Crippen LogP contribution in [0.25, 0.3) is 0 Å². The lowest BCUT2D eigenvalue weighted by molar-refractivity contribution is -0.0704. The van der Waals surface area contributed by atoms with Gasteiger partial charge >= 0.3 is 0 Å². The molecule has 19 heavy (non-hydrogen) atoms. The van der Waals surface area contributed by atoms with Crippen molar-refractivity contribution in [1.82, 2.24) is 0 Å². The number of ketones is 1. The number of rotatable bonds is 6. The lowest BCUT2D eigenvalue weighted by Gasteiger charge is -2.40. The fourth-order valence-corrected chi connectivity index (χ4v) is 2.86. The second-order valence-corrected chi connectivity index (χ2v) is 5.77. The molecule has 3 nitrogen and oxygen atoms in total. The van der Waals surface area contributed by atoms with E-state index in [0.29, 0.717) is 18.6 Å². The summed E-state index contributed by atoms with van der Waals surface area (Å²) in [4.78, 5) is 12.3. The lowest BCUT2D eigenvalue weighted by Crippen LogP contribution is -2.41. The maximum absolute atomic E-state index is 12.3. The zero-order valence-electron chi connectivity index (χ0n) is 11.4. The van der Waals surface area contributed by atoms with Gasteiger partial charge in [0.25, 0.3) is 0 Å². The molecule has 1 fully saturated rings. The fourth-order valence-electron chi connectivity index (χ4n) is 2.37. The van der Waals surface area contributed by atoms with E-state index in [1.54, 1.807) is 7.11 Å². The van der Waals surface area contributed by atoms with Gasteiger partial charge in [0.15, 0.2) is 5.78 Å². The van der Waals surface area contributed by atoms with Gasteiger partial charge in [-0.2, -0.15) is 0 Å². The molecular formula is C15H19BrO3. The summed E-state index contributed by atoms with van der Waals surface area (Å²) < 4.78 is 11.8. The van der Waals surface area contributed by atoms with Gasteiger partial charge in [-0.25, -0.2) is 0 Å². The fraction of sp³-hybridized carbons (Fsp3) is 0.533. The third-order valence-electron chi connectivity index (χ3n) is 3.73. The Morgan fingerprint density at radius 3 is 2.63 bits per heavy atom. The zero-order valence-corrected chi connectivity index (χ0v) is 13.0. The van der Waals surface area contributed by atoms with E-state index in [-0.39, 0.29) is 11.4 Å². The Morgan fingerprint density at radius 2 is 2.16 bits per heavy atom. The van der Waals surface area contributed by atoms with Crippen LogP contribution in [0.15, 0.2) is 22.7 Å². The van der Waals surface area contributed by atoms with Crippen LogP contribution in [0.1, 0.15) is 43.0 Å². The van der Waals surface area contributed by atoms with E-state index in [0.717, 1.165) is 29.5 Å². The Balaban J connectivity index is 2.09. The Kier molecular flexibility index (Phi) is 4.63. The normalized spacial score (nSPS) is 16.8. The first-order chi connectivity index (χ1) is 9.10. The van der Waals surface area contributed by atoms with Crippen LogP contribution in [0.2, 0.25) is 0 Å². The Hall–Kier alpha value is -0.870. The summed E-state index contributed by atoms with van der Waals surface area (Å²) >= 11 is 3.44. The van der Waals surface area contributed by atoms with Gasteiger partial charge in [0.1, 0.15) is 5.75 Å². The molecule has 1 aliphatic carbocycles. The van der Waals surface area contributed by atoms with Crippen LogP contribution < -0.4 is 4.74 Å². The summed E-state index contributed by atoms with van der Waals surface area (Å²) in [7, 11) is 1.69. The largest absolute Gasteiger partial charge is 0.493 e. The van der Waals surface area contributed by atoms with Crippen LogP contribution >= 0.6 is 15.9 Å². The highest BCUT2D eigenvalue weighted by Gasteiger charge is 2.39. The van der Waals surface area contributed by atoms with Crippen molar-refractivity contribution >= 4 is 21.7 Å². The molecule has 0 N–H and O–H groups in total. The number of hydrogen-bond donors (Lipinski definition) is 0. The third-order valence-corrected chi connectivity index (χ3v) is 4.35. The second kappa shape index (κ2) is 6.06. The van der Waals surface area contributed by atoms with Crippen LogP contribution in [-0.2, 0) is 4.74 Å². The Morgan fingerprint density at radius 1 is 1.42 bits per heavy atom. The summed E-state index contributed by atoms with van der Waals surface area (Å²) in [5.74, 6) is 0.898. The quantitative estimate of drug-likeness (QED) is 0.741. The van der Waals surface area contributed by atoms with E-state index < -0.39 is 0 Å². The Bertz CT molecular complexity index is 461. The molecule has 0 spiro atoms. The standard InChI is InChI=1S/C15H19BrO3/c1-3-19-14-6-5-11(9-12(14)16)13(17)10-15(18-2)7-4-8-15/h5-6,9H,3-4,7-8,10H2,1-2H3. The number of carbonyl (C=O) groups is 1. The first-order valence-electron chi connectivity index (χ1n) is 6.61. The molecule has 0 amide bonds. The first kappa shape index (κ1) is 14.5. The number of hydrogen-bond acceptors (Lipinski definition) is 3. The molecule has 0 heterocycles. The SMILES string of the molecule is CCOc1ccc(C(=O)CC2(OC)CCC2)cc1Br. The summed E-state index contributed by atoms with van der Waals surface area (Å²) in [6, 6.07) is 5.48. The molecule has 1 aliphatic rings. The van der Waals surface area contributed by atoms with Gasteiger partial charge in [0.05, 0.1) is 16.7 Å². The number of halogens is 1. The minimum atomic E-state index is -0.220. The van der Waals surface area contributed by atoms with Gasteiger partial charge in [0.2, 0.25) is 0 Å². The van der Waals surface area contributed by atoms with E-state index in [4.69, 9.17) is 9.47 Å². The minimum Gasteiger partial charge on any atom is -0.493 e. The van der Waals surface area contributed by atoms with E-state index in [9.17, 15) is 4.79 Å². The highest BCUT2D eigenvalue weighted by atomic mass is 79.9. The summed E-state index contributed by atoms with van der Waals surface area (Å²) in [5, 5.41) is 0. The molecule has 4 heteroatoms. The Labute approximate surface area is 122 Å². The van der Waals surface area contributed by atoms with Crippen molar-refractivity contribution in [2.45, 2.75) is 38.2 Å². The highest BCUT2D eigenvalue weighted by molar-refractivity contribution is 9.10. The highest BCUT2D eigenvalue weighted by Crippen LogP contribution is 2.39. The third kappa shape index (κ3) is 3.18. The van der Waals surface area contributed by atoms with E-state index >= 15 is 0 Å². The maximum Gasteiger partial charge on any atom is 0.165 e. The molecule has 1 aromatic carbocycles. The maximum atomic E-state index is 12.3. The molecule has 1 saturated carbocycles. The van der Waals surface area contributed by atoms with E-state index in [2.05, 4.69) is 15.9 Å². The van der Waals surface area contributed by atoms with Crippen LogP contribution in [0.4, 0.5) is 0 Å². The second-order valence-electron chi connectivity index (χ2n) is 4.92. The van der Waals surface area contributed by atoms with Crippen LogP contribution in [0, 0.1) is 0 Å². The molecule has 0 aliphatic heterocycles. The molecule has 0 radical (unpaired) electrons. The van der Waals surface area contributed by atoms with Gasteiger partial charge in [-0.1, -0.05) is 0 Å². The van der Waals surface area contributed by atoms with Gasteiger partial charge in [-0.15, -0.1) is 0 Å². The predicted octanol–water partition coefficient (Wildman–Crippen LogP) is 3.99. The van der Waals surface area contributed by atoms with Crippen molar-refractivity contribution in [1.29, 1.82) is 0 Å². The number of carbonyl (C=O) groups excluding carboxylic acids is 1. The van der Waals surface area contributed by atoms with Crippen molar-refractivity contribution in [3.05, 3.63) is 28.2 Å². The summed E-state index contributed by atoms with van der Waals surface area (Å²) in [5.41, 5.74) is 0.487. The van der Waals surface area contributed by atoms with Crippen LogP contribution in [0.3, 0.4) is 0 Å². The van der Waals surface area contributed by atoms with E-state index in [1.807, 2.05) is 25.1 Å². The monoisotopic (exact) mass is 326 g/mol. The average Bonchev–Trinajstić information content (AvgIpc) is 2.36. The average molecular weight is 327 g/mol. The zero-order chi connectivity index (χ0) is 13.9. The lowest BCUT2D eigenvalue weighted by atomic mass is 9.76. The van der Waals surface area contributed by atoms with Crippen molar-refractivity contribution in [3.63, 3.8) is 0 Å². The summed E-state index contributed by atoms with van der Waals surface area (Å²) in [6.45, 7) is 2.54. The first-order valence-corrected chi connectivity index (χ1v) is 7.40. The molecular weight excluding hydrogens is 308 g/mol. The van der Waals surface area contributed by atoms with Crippen LogP contribution in [0.5, 0.6) is 5.75 Å². The minimum absolute atomic E-state index is 0.130. The molecule has 0 atom stereocenters. The molecule has 1 aromatic rings. The molecule has 2 rings (SSSR count). The van der Waals surface area contributed by atoms with Gasteiger partial charge in [-0.3, -0.25) is 4.79 Å². The van der Waals surface area contributed by atoms with Gasteiger partial charge in [-0.05, 0) is 60.3 Å². The van der Waals surface area contributed by atoms with Crippen molar-refractivity contribution in [2.75, 3.05) is 13.7 Å². The number of methoxy groups -OCH3 is 1. The molecule has 0 aromatic heterocycles. The molecule has 0 unspecified atom stereocenters. The number of benzene rings is 1. The molecule has 0 bridgehead atoms. The topological polar surface area (TPSA) is 35.5 Å². The van der Waals surface area contributed by atoms with Crippen LogP contribution in [-0.4, -0.2) is 25.1 Å². The van der Waals surface area contributed by atoms with Crippen molar-refractivity contribution in [3.8, 4) is 5.75 Å².